The number of benzene rings is 1. The number of nitrogens with zero attached hydrogens (tertiary/aromatic N) is 1. The number of hydrogen-bond acceptors (Lipinski definition) is 4. The minimum Gasteiger partial charge on any atom is -0.396 e. The van der Waals surface area contributed by atoms with E-state index in [9.17, 15) is 4.79 Å². The molecule has 1 atom stereocenters. The van der Waals surface area contributed by atoms with Crippen LogP contribution in [-0.2, 0) is 0 Å². The Bertz CT molecular complexity index is 625. The zero-order valence-corrected chi connectivity index (χ0v) is 13.0. The van der Waals surface area contributed by atoms with Crippen LogP contribution in [0.2, 0.25) is 0 Å². The average Bonchev–Trinajstić information content (AvgIpc) is 3.28. The van der Waals surface area contributed by atoms with Gasteiger partial charge in [-0.05, 0) is 30.7 Å². The normalized spacial score (nSPS) is 15.3. The highest BCUT2D eigenvalue weighted by Gasteiger charge is 2.31. The summed E-state index contributed by atoms with van der Waals surface area (Å²) in [5, 5.41) is 15.4. The Kier molecular flexibility index (Phi) is 4.70. The van der Waals surface area contributed by atoms with E-state index in [1.165, 1.54) is 11.3 Å². The number of aromatic nitrogens is 1. The van der Waals surface area contributed by atoms with Crippen LogP contribution in [0.25, 0.3) is 10.4 Å². The van der Waals surface area contributed by atoms with Gasteiger partial charge in [0.1, 0.15) is 0 Å². The summed E-state index contributed by atoms with van der Waals surface area (Å²) >= 11 is 1.45. The predicted molar refractivity (Wildman–Crippen MR) is 87.9 cm³/mol. The van der Waals surface area contributed by atoms with Gasteiger partial charge in [0.15, 0.2) is 5.13 Å². The molecule has 1 unspecified atom stereocenters. The fourth-order valence-corrected chi connectivity index (χ4v) is 3.25. The maximum absolute atomic E-state index is 12.0. The maximum atomic E-state index is 12.0. The smallest absolute Gasteiger partial charge is 0.321 e. The Morgan fingerprint density at radius 1 is 1.36 bits per heavy atom. The summed E-state index contributed by atoms with van der Waals surface area (Å²) in [7, 11) is 0. The number of amides is 2. The van der Waals surface area contributed by atoms with Crippen LogP contribution >= 0.6 is 11.3 Å². The van der Waals surface area contributed by atoms with Gasteiger partial charge in [0.25, 0.3) is 0 Å². The largest absolute Gasteiger partial charge is 0.396 e. The molecule has 22 heavy (non-hydrogen) atoms. The van der Waals surface area contributed by atoms with Crippen molar-refractivity contribution < 1.29 is 9.90 Å². The van der Waals surface area contributed by atoms with Crippen LogP contribution in [-0.4, -0.2) is 28.8 Å². The van der Waals surface area contributed by atoms with Gasteiger partial charge < -0.3 is 10.4 Å². The van der Waals surface area contributed by atoms with Gasteiger partial charge >= 0.3 is 6.03 Å². The van der Waals surface area contributed by atoms with Gasteiger partial charge in [0, 0.05) is 18.8 Å². The first-order valence-corrected chi connectivity index (χ1v) is 8.27. The quantitative estimate of drug-likeness (QED) is 0.766. The van der Waals surface area contributed by atoms with E-state index in [-0.39, 0.29) is 18.7 Å². The van der Waals surface area contributed by atoms with E-state index < -0.39 is 0 Å². The van der Waals surface area contributed by atoms with Crippen molar-refractivity contribution >= 4 is 22.5 Å². The molecule has 0 aliphatic heterocycles. The Balaban J connectivity index is 1.59. The van der Waals surface area contributed by atoms with E-state index in [0.29, 0.717) is 17.5 Å². The van der Waals surface area contributed by atoms with Crippen molar-refractivity contribution in [1.29, 1.82) is 0 Å². The third-order valence-electron chi connectivity index (χ3n) is 3.73. The van der Waals surface area contributed by atoms with E-state index in [4.69, 9.17) is 5.11 Å². The van der Waals surface area contributed by atoms with Gasteiger partial charge in [-0.1, -0.05) is 41.7 Å². The Morgan fingerprint density at radius 3 is 2.82 bits per heavy atom. The monoisotopic (exact) mass is 317 g/mol. The fourth-order valence-electron chi connectivity index (χ4n) is 2.43. The van der Waals surface area contributed by atoms with Crippen molar-refractivity contribution in [3.8, 4) is 10.4 Å². The molecular weight excluding hydrogens is 298 g/mol. The average molecular weight is 317 g/mol. The predicted octanol–water partition coefficient (Wildman–Crippen LogP) is 3.09. The van der Waals surface area contributed by atoms with Crippen LogP contribution in [0.3, 0.4) is 0 Å². The molecule has 0 saturated heterocycles. The number of anilines is 1. The van der Waals surface area contributed by atoms with E-state index in [1.54, 1.807) is 6.20 Å². The van der Waals surface area contributed by atoms with Crippen molar-refractivity contribution in [2.45, 2.75) is 25.3 Å². The van der Waals surface area contributed by atoms with Crippen LogP contribution < -0.4 is 10.6 Å². The van der Waals surface area contributed by atoms with Crippen molar-refractivity contribution in [3.63, 3.8) is 0 Å². The molecule has 116 valence electrons. The zero-order chi connectivity index (χ0) is 15.4. The molecule has 1 fully saturated rings. The number of thiazole rings is 1. The molecular formula is C16H19N3O2S. The van der Waals surface area contributed by atoms with Crippen molar-refractivity contribution in [2.24, 2.45) is 5.92 Å². The lowest BCUT2D eigenvalue weighted by molar-refractivity contribution is 0.234. The molecule has 2 amide bonds. The van der Waals surface area contributed by atoms with Gasteiger partial charge in [-0.15, -0.1) is 0 Å². The topological polar surface area (TPSA) is 74.2 Å². The van der Waals surface area contributed by atoms with Crippen LogP contribution in [0, 0.1) is 5.92 Å². The van der Waals surface area contributed by atoms with Crippen molar-refractivity contribution in [2.75, 3.05) is 11.9 Å². The number of hydrogen-bond donors (Lipinski definition) is 3. The summed E-state index contributed by atoms with van der Waals surface area (Å²) in [6, 6.07) is 9.76. The Labute approximate surface area is 133 Å². The Hall–Kier alpha value is -1.92. The van der Waals surface area contributed by atoms with Gasteiger partial charge in [-0.3, -0.25) is 5.32 Å². The first-order chi connectivity index (χ1) is 10.8. The van der Waals surface area contributed by atoms with Crippen molar-refractivity contribution in [1.82, 2.24) is 10.3 Å². The van der Waals surface area contributed by atoms with Crippen molar-refractivity contribution in [3.05, 3.63) is 36.5 Å². The third kappa shape index (κ3) is 3.84. The minimum absolute atomic E-state index is 0.0542. The van der Waals surface area contributed by atoms with E-state index in [1.807, 2.05) is 30.3 Å². The second kappa shape index (κ2) is 6.89. The number of aliphatic hydroxyl groups is 1. The van der Waals surface area contributed by atoms with E-state index in [0.717, 1.165) is 23.3 Å². The summed E-state index contributed by atoms with van der Waals surface area (Å²) in [6.07, 6.45) is 4.62. The summed E-state index contributed by atoms with van der Waals surface area (Å²) in [6.45, 7) is 0.0941. The molecule has 6 heteroatoms. The molecule has 1 saturated carbocycles. The highest BCUT2D eigenvalue weighted by molar-refractivity contribution is 7.19. The number of rotatable bonds is 6. The van der Waals surface area contributed by atoms with Gasteiger partial charge in [0.05, 0.1) is 4.88 Å². The summed E-state index contributed by atoms with van der Waals surface area (Å²) in [5.74, 6) is 0.508. The SMILES string of the molecule is O=C(Nc1ncc(-c2ccccc2)s1)NC(CCO)C1CC1. The van der Waals surface area contributed by atoms with E-state index in [2.05, 4.69) is 15.6 Å². The molecule has 0 spiro atoms. The molecule has 0 bridgehead atoms. The fraction of sp³-hybridized carbons (Fsp3) is 0.375. The molecule has 2 aromatic rings. The maximum Gasteiger partial charge on any atom is 0.321 e. The lowest BCUT2D eigenvalue weighted by atomic mass is 10.1. The van der Waals surface area contributed by atoms with Crippen LogP contribution in [0.4, 0.5) is 9.93 Å². The molecule has 3 rings (SSSR count). The highest BCUT2D eigenvalue weighted by Crippen LogP contribution is 2.34. The van der Waals surface area contributed by atoms with E-state index >= 15 is 0 Å². The second-order valence-electron chi connectivity index (χ2n) is 5.45. The number of aliphatic hydroxyl groups excluding tert-OH is 1. The Morgan fingerprint density at radius 2 is 2.14 bits per heavy atom. The van der Waals surface area contributed by atoms with Crippen LogP contribution in [0.15, 0.2) is 36.5 Å². The number of nitrogens with one attached hydrogen (secondary N) is 2. The van der Waals surface area contributed by atoms with Gasteiger partial charge in [-0.2, -0.15) is 0 Å². The number of urea groups is 1. The second-order valence-corrected chi connectivity index (χ2v) is 6.48. The molecule has 5 nitrogen and oxygen atoms in total. The third-order valence-corrected chi connectivity index (χ3v) is 4.69. The number of carbonyl (C=O) groups is 1. The lowest BCUT2D eigenvalue weighted by Gasteiger charge is -2.16. The molecule has 1 aromatic carbocycles. The summed E-state index contributed by atoms with van der Waals surface area (Å²) < 4.78 is 0. The van der Waals surface area contributed by atoms with Gasteiger partial charge in [0.2, 0.25) is 0 Å². The zero-order valence-electron chi connectivity index (χ0n) is 12.2. The summed E-state index contributed by atoms with van der Waals surface area (Å²) in [4.78, 5) is 17.3. The number of carbonyl (C=O) groups excluding carboxylic acids is 1. The molecule has 1 aliphatic rings. The van der Waals surface area contributed by atoms with Crippen LogP contribution in [0.5, 0.6) is 0 Å². The summed E-state index contributed by atoms with van der Waals surface area (Å²) in [5.41, 5.74) is 1.09. The lowest BCUT2D eigenvalue weighted by Crippen LogP contribution is -2.39. The first kappa shape index (κ1) is 15.0. The standard InChI is InChI=1S/C16H19N3O2S/c20-9-8-13(11-6-7-11)18-15(21)19-16-17-10-14(22-16)12-4-2-1-3-5-12/h1-5,10-11,13,20H,6-9H2,(H2,17,18,19,21). The minimum atomic E-state index is -0.251. The first-order valence-electron chi connectivity index (χ1n) is 7.46. The molecule has 0 radical (unpaired) electrons. The molecule has 3 N–H and O–H groups in total. The molecule has 1 aromatic heterocycles. The van der Waals surface area contributed by atoms with Gasteiger partial charge in [-0.25, -0.2) is 9.78 Å². The molecule has 1 heterocycles. The highest BCUT2D eigenvalue weighted by atomic mass is 32.1. The van der Waals surface area contributed by atoms with Crippen LogP contribution in [0.1, 0.15) is 19.3 Å². The molecule has 1 aliphatic carbocycles.